The van der Waals surface area contributed by atoms with Gasteiger partial charge in [-0.3, -0.25) is 9.78 Å². The first-order valence-corrected chi connectivity index (χ1v) is 7.77. The van der Waals surface area contributed by atoms with E-state index >= 15 is 0 Å². The number of hydrogen-bond donors (Lipinski definition) is 1. The normalized spacial score (nSPS) is 12.8. The van der Waals surface area contributed by atoms with E-state index in [0.29, 0.717) is 41.5 Å². The Morgan fingerprint density at radius 1 is 1.12 bits per heavy atom. The minimum atomic E-state index is -0.333. The Bertz CT molecular complexity index is 983. The highest BCUT2D eigenvalue weighted by molar-refractivity contribution is 6.12. The molecule has 6 nitrogen and oxygen atoms in total. The molecule has 0 aliphatic carbocycles. The van der Waals surface area contributed by atoms with Gasteiger partial charge in [-0.2, -0.15) is 0 Å². The molecule has 1 aromatic heterocycles. The largest absolute Gasteiger partial charge is 0.507 e. The highest BCUT2D eigenvalue weighted by atomic mass is 16.6. The van der Waals surface area contributed by atoms with Crippen molar-refractivity contribution >= 4 is 16.7 Å². The van der Waals surface area contributed by atoms with E-state index in [1.807, 2.05) is 0 Å². The van der Waals surface area contributed by atoms with E-state index in [1.165, 1.54) is 25.4 Å². The fraction of sp³-hybridized carbons (Fsp3) is 0.158. The molecule has 1 N–H and O–H groups in total. The van der Waals surface area contributed by atoms with Gasteiger partial charge in [0.05, 0.1) is 18.2 Å². The van der Waals surface area contributed by atoms with E-state index in [9.17, 15) is 9.90 Å². The molecule has 6 heteroatoms. The molecule has 4 rings (SSSR count). The number of phenols is 1. The highest BCUT2D eigenvalue weighted by Crippen LogP contribution is 2.34. The maximum absolute atomic E-state index is 12.8. The van der Waals surface area contributed by atoms with E-state index < -0.39 is 0 Å². The molecule has 126 valence electrons. The molecule has 0 saturated carbocycles. The van der Waals surface area contributed by atoms with Gasteiger partial charge in [0.25, 0.3) is 0 Å². The van der Waals surface area contributed by atoms with Gasteiger partial charge >= 0.3 is 0 Å². The molecule has 2 heterocycles. The number of aromatic nitrogens is 1. The predicted octanol–water partition coefficient (Wildman–Crippen LogP) is 2.95. The first-order chi connectivity index (χ1) is 12.2. The Balaban J connectivity index is 1.77. The molecule has 2 aromatic carbocycles. The van der Waals surface area contributed by atoms with Crippen LogP contribution in [0.3, 0.4) is 0 Å². The fourth-order valence-electron chi connectivity index (χ4n) is 2.77. The lowest BCUT2D eigenvalue weighted by Crippen LogP contribution is -2.15. The zero-order chi connectivity index (χ0) is 17.4. The van der Waals surface area contributed by atoms with Gasteiger partial charge in [0.2, 0.25) is 0 Å². The number of phenolic OH excluding ortho intramolecular Hbond substituents is 1. The van der Waals surface area contributed by atoms with Crippen LogP contribution < -0.4 is 14.2 Å². The molecule has 0 spiro atoms. The Hall–Kier alpha value is -3.28. The van der Waals surface area contributed by atoms with Crippen LogP contribution in [0.4, 0.5) is 0 Å². The maximum Gasteiger partial charge on any atom is 0.198 e. The van der Waals surface area contributed by atoms with Gasteiger partial charge in [0.1, 0.15) is 24.7 Å². The highest BCUT2D eigenvalue weighted by Gasteiger charge is 2.18. The number of pyridine rings is 1. The molecule has 0 amide bonds. The number of ether oxygens (including phenoxy) is 3. The molecule has 1 aliphatic rings. The van der Waals surface area contributed by atoms with E-state index in [0.717, 1.165) is 5.39 Å². The molecule has 0 saturated heterocycles. The smallest absolute Gasteiger partial charge is 0.198 e. The number of methoxy groups -OCH3 is 1. The summed E-state index contributed by atoms with van der Waals surface area (Å²) >= 11 is 0. The minimum absolute atomic E-state index is 0.104. The topological polar surface area (TPSA) is 77.9 Å². The van der Waals surface area contributed by atoms with Crippen LogP contribution >= 0.6 is 0 Å². The summed E-state index contributed by atoms with van der Waals surface area (Å²) in [4.78, 5) is 17.1. The van der Waals surface area contributed by atoms with Crippen molar-refractivity contribution in [3.05, 3.63) is 53.7 Å². The first-order valence-electron chi connectivity index (χ1n) is 7.77. The summed E-state index contributed by atoms with van der Waals surface area (Å²) in [6.45, 7) is 0.992. The van der Waals surface area contributed by atoms with Crippen LogP contribution in [-0.4, -0.2) is 36.2 Å². The van der Waals surface area contributed by atoms with Crippen LogP contribution in [0.2, 0.25) is 0 Å². The second-order valence-corrected chi connectivity index (χ2v) is 5.62. The van der Waals surface area contributed by atoms with Gasteiger partial charge < -0.3 is 19.3 Å². The van der Waals surface area contributed by atoms with Crippen LogP contribution in [0.1, 0.15) is 15.9 Å². The van der Waals surface area contributed by atoms with Crippen molar-refractivity contribution in [3.63, 3.8) is 0 Å². The number of fused-ring (bicyclic) bond motifs is 2. The zero-order valence-electron chi connectivity index (χ0n) is 13.5. The van der Waals surface area contributed by atoms with Gasteiger partial charge in [-0.15, -0.1) is 0 Å². The van der Waals surface area contributed by atoms with E-state index in [4.69, 9.17) is 14.2 Å². The second kappa shape index (κ2) is 5.98. The monoisotopic (exact) mass is 337 g/mol. The minimum Gasteiger partial charge on any atom is -0.507 e. The fourth-order valence-corrected chi connectivity index (χ4v) is 2.77. The van der Waals surface area contributed by atoms with Crippen LogP contribution in [0.25, 0.3) is 10.9 Å². The molecular formula is C19H15NO5. The Labute approximate surface area is 143 Å². The lowest BCUT2D eigenvalue weighted by atomic mass is 10.0. The summed E-state index contributed by atoms with van der Waals surface area (Å²) in [5, 5.41) is 10.8. The van der Waals surface area contributed by atoms with Gasteiger partial charge in [-0.25, -0.2) is 0 Å². The number of nitrogens with zero attached hydrogens (tertiary/aromatic N) is 1. The molecule has 1 aliphatic heterocycles. The van der Waals surface area contributed by atoms with Crippen molar-refractivity contribution in [2.24, 2.45) is 0 Å². The van der Waals surface area contributed by atoms with E-state index in [-0.39, 0.29) is 17.1 Å². The van der Waals surface area contributed by atoms with Crippen molar-refractivity contribution in [2.45, 2.75) is 0 Å². The molecule has 25 heavy (non-hydrogen) atoms. The van der Waals surface area contributed by atoms with Crippen LogP contribution in [0.5, 0.6) is 23.0 Å². The second-order valence-electron chi connectivity index (χ2n) is 5.62. The Morgan fingerprint density at radius 2 is 1.88 bits per heavy atom. The molecular weight excluding hydrogens is 322 g/mol. The average molecular weight is 337 g/mol. The third kappa shape index (κ3) is 2.71. The molecule has 3 aromatic rings. The van der Waals surface area contributed by atoms with Crippen LogP contribution in [0, 0.1) is 0 Å². The van der Waals surface area contributed by atoms with Gasteiger partial charge in [-0.1, -0.05) is 0 Å². The summed E-state index contributed by atoms with van der Waals surface area (Å²) in [6, 6.07) is 9.85. The number of hydrogen-bond acceptors (Lipinski definition) is 6. The molecule has 0 radical (unpaired) electrons. The lowest BCUT2D eigenvalue weighted by Gasteiger charge is -2.18. The maximum atomic E-state index is 12.8. The SMILES string of the molecule is COc1ccc(O)c(C(=O)c2cnc3cc4c(cc3c2)OCCO4)c1. The Kier molecular flexibility index (Phi) is 3.65. The Morgan fingerprint density at radius 3 is 2.64 bits per heavy atom. The number of carbonyl (C=O) groups excluding carboxylic acids is 1. The molecule has 0 atom stereocenters. The summed E-state index contributed by atoms with van der Waals surface area (Å²) in [5.41, 5.74) is 1.24. The number of carbonyl (C=O) groups is 1. The van der Waals surface area contributed by atoms with Crippen molar-refractivity contribution in [3.8, 4) is 23.0 Å². The van der Waals surface area contributed by atoms with Gasteiger partial charge in [0.15, 0.2) is 17.3 Å². The third-order valence-electron chi connectivity index (χ3n) is 4.06. The number of benzene rings is 2. The van der Waals surface area contributed by atoms with Gasteiger partial charge in [-0.05, 0) is 30.3 Å². The van der Waals surface area contributed by atoms with Crippen molar-refractivity contribution in [1.82, 2.24) is 4.98 Å². The summed E-state index contributed by atoms with van der Waals surface area (Å²) < 4.78 is 16.2. The standard InChI is InChI=1S/C19H15NO5/c1-23-13-2-3-16(21)14(8-13)19(22)12-6-11-7-17-18(25-5-4-24-17)9-15(11)20-10-12/h2-3,6-10,21H,4-5H2,1H3. The van der Waals surface area contributed by atoms with E-state index in [2.05, 4.69) is 4.98 Å². The summed E-state index contributed by atoms with van der Waals surface area (Å²) in [7, 11) is 1.50. The molecule has 0 unspecified atom stereocenters. The molecule has 0 fully saturated rings. The van der Waals surface area contributed by atoms with Gasteiger partial charge in [0, 0.05) is 23.2 Å². The zero-order valence-corrected chi connectivity index (χ0v) is 13.5. The van der Waals surface area contributed by atoms with E-state index in [1.54, 1.807) is 24.3 Å². The van der Waals surface area contributed by atoms with Crippen LogP contribution in [0.15, 0.2) is 42.6 Å². The lowest BCUT2D eigenvalue weighted by molar-refractivity contribution is 0.103. The quantitative estimate of drug-likeness (QED) is 0.741. The third-order valence-corrected chi connectivity index (χ3v) is 4.06. The average Bonchev–Trinajstić information content (AvgIpc) is 2.65. The number of rotatable bonds is 3. The van der Waals surface area contributed by atoms with Crippen molar-refractivity contribution in [1.29, 1.82) is 0 Å². The number of aromatic hydroxyl groups is 1. The summed E-state index contributed by atoms with van der Waals surface area (Å²) in [6.07, 6.45) is 1.49. The van der Waals surface area contributed by atoms with Crippen molar-refractivity contribution < 1.29 is 24.1 Å². The van der Waals surface area contributed by atoms with Crippen molar-refractivity contribution in [2.75, 3.05) is 20.3 Å². The first kappa shape index (κ1) is 15.3. The summed E-state index contributed by atoms with van der Waals surface area (Å²) in [5.74, 6) is 1.34. The predicted molar refractivity (Wildman–Crippen MR) is 90.8 cm³/mol. The van der Waals surface area contributed by atoms with Crippen LogP contribution in [-0.2, 0) is 0 Å². The molecule has 0 bridgehead atoms. The number of ketones is 1.